The number of rotatable bonds is 7. The molecule has 0 aliphatic carbocycles. The van der Waals surface area contributed by atoms with Crippen molar-refractivity contribution >= 4 is 35.3 Å². The fourth-order valence-corrected chi connectivity index (χ4v) is 3.09. The Bertz CT molecular complexity index is 1260. The van der Waals surface area contributed by atoms with Crippen LogP contribution >= 0.6 is 0 Å². The van der Waals surface area contributed by atoms with E-state index in [9.17, 15) is 14.8 Å². The summed E-state index contributed by atoms with van der Waals surface area (Å²) in [5.41, 5.74) is 7.78. The molecule has 0 saturated carbocycles. The van der Waals surface area contributed by atoms with Crippen molar-refractivity contribution in [2.24, 2.45) is 5.73 Å². The Balaban J connectivity index is 1.67. The highest BCUT2D eigenvalue weighted by Crippen LogP contribution is 2.27. The highest BCUT2D eigenvalue weighted by atomic mass is 16.5. The summed E-state index contributed by atoms with van der Waals surface area (Å²) in [5, 5.41) is 29.4. The molecule has 0 saturated heterocycles. The molecule has 4 aromatic rings. The van der Waals surface area contributed by atoms with Crippen LogP contribution in [-0.2, 0) is 6.54 Å². The van der Waals surface area contributed by atoms with Gasteiger partial charge in [-0.1, -0.05) is 36.4 Å². The monoisotopic (exact) mass is 419 g/mol. The van der Waals surface area contributed by atoms with Crippen LogP contribution in [0.25, 0.3) is 22.4 Å². The number of anilines is 1. The standard InChI is InChI=1S/C19H18BN7O4/c1-31-19-24-17(15-12-6-3-7-13(16(21)28)14(12)26-27-15)23-18(25-19)22-9-10-4-2-5-11(8-10)20(29)30/h2-8,29-30H,9H2,1H3,(H2,21,28)(H,26,27)(H,22,23,24,25). The third-order valence-corrected chi connectivity index (χ3v) is 4.57. The number of hydrogen-bond acceptors (Lipinski definition) is 9. The summed E-state index contributed by atoms with van der Waals surface area (Å²) in [6.45, 7) is 0.322. The van der Waals surface area contributed by atoms with E-state index in [0.717, 1.165) is 5.56 Å². The Kier molecular flexibility index (Phi) is 5.47. The molecule has 0 bridgehead atoms. The van der Waals surface area contributed by atoms with Crippen LogP contribution in [0.3, 0.4) is 0 Å². The zero-order valence-corrected chi connectivity index (χ0v) is 16.4. The molecule has 31 heavy (non-hydrogen) atoms. The molecule has 0 radical (unpaired) electrons. The first-order valence-electron chi connectivity index (χ1n) is 9.22. The lowest BCUT2D eigenvalue weighted by Gasteiger charge is -2.09. The molecule has 4 rings (SSSR count). The molecule has 2 heterocycles. The molecule has 0 unspecified atom stereocenters. The van der Waals surface area contributed by atoms with Crippen molar-refractivity contribution in [3.63, 3.8) is 0 Å². The van der Waals surface area contributed by atoms with Gasteiger partial charge in [0, 0.05) is 11.9 Å². The van der Waals surface area contributed by atoms with E-state index in [4.69, 9.17) is 10.5 Å². The number of aromatic nitrogens is 5. The number of carbonyl (C=O) groups excluding carboxylic acids is 1. The van der Waals surface area contributed by atoms with Gasteiger partial charge in [0.25, 0.3) is 5.91 Å². The van der Waals surface area contributed by atoms with Gasteiger partial charge < -0.3 is 25.8 Å². The van der Waals surface area contributed by atoms with Gasteiger partial charge in [0.2, 0.25) is 5.95 Å². The second kappa shape index (κ2) is 8.38. The molecule has 0 fully saturated rings. The minimum absolute atomic E-state index is 0.0841. The van der Waals surface area contributed by atoms with Crippen molar-refractivity contribution in [3.8, 4) is 17.5 Å². The van der Waals surface area contributed by atoms with Crippen LogP contribution in [0, 0.1) is 0 Å². The molecule has 2 aromatic carbocycles. The van der Waals surface area contributed by atoms with Crippen LogP contribution in [0.4, 0.5) is 5.95 Å². The maximum Gasteiger partial charge on any atom is 0.488 e. The van der Waals surface area contributed by atoms with E-state index in [-0.39, 0.29) is 23.3 Å². The molecule has 11 nitrogen and oxygen atoms in total. The minimum atomic E-state index is -1.55. The lowest BCUT2D eigenvalue weighted by Crippen LogP contribution is -2.30. The Hall–Kier alpha value is -4.03. The van der Waals surface area contributed by atoms with Gasteiger partial charge in [-0.25, -0.2) is 0 Å². The molecular formula is C19H18BN7O4. The number of methoxy groups -OCH3 is 1. The Morgan fingerprint density at radius 2 is 2.00 bits per heavy atom. The first-order chi connectivity index (χ1) is 15.0. The molecule has 1 amide bonds. The summed E-state index contributed by atoms with van der Waals surface area (Å²) < 4.78 is 5.19. The van der Waals surface area contributed by atoms with Gasteiger partial charge in [-0.2, -0.15) is 20.1 Å². The van der Waals surface area contributed by atoms with Crippen molar-refractivity contribution < 1.29 is 19.6 Å². The number of nitrogens with zero attached hydrogens (tertiary/aromatic N) is 4. The van der Waals surface area contributed by atoms with Gasteiger partial charge in [0.05, 0.1) is 12.7 Å². The molecule has 2 aromatic heterocycles. The number of aromatic amines is 1. The minimum Gasteiger partial charge on any atom is -0.467 e. The molecule has 0 spiro atoms. The number of primary amides is 1. The summed E-state index contributed by atoms with van der Waals surface area (Å²) in [6.07, 6.45) is 0. The molecule has 0 aliphatic heterocycles. The second-order valence-corrected chi connectivity index (χ2v) is 6.61. The topological polar surface area (TPSA) is 172 Å². The van der Waals surface area contributed by atoms with Gasteiger partial charge in [-0.05, 0) is 17.1 Å². The van der Waals surface area contributed by atoms with Crippen LogP contribution in [-0.4, -0.2) is 55.3 Å². The highest BCUT2D eigenvalue weighted by molar-refractivity contribution is 6.58. The van der Waals surface area contributed by atoms with Crippen LogP contribution in [0.2, 0.25) is 0 Å². The summed E-state index contributed by atoms with van der Waals surface area (Å²) in [6, 6.07) is 12.0. The van der Waals surface area contributed by atoms with Gasteiger partial charge >= 0.3 is 13.1 Å². The van der Waals surface area contributed by atoms with Crippen LogP contribution in [0.15, 0.2) is 42.5 Å². The van der Waals surface area contributed by atoms with E-state index in [2.05, 4.69) is 30.5 Å². The van der Waals surface area contributed by atoms with Gasteiger partial charge in [0.1, 0.15) is 11.2 Å². The van der Waals surface area contributed by atoms with Gasteiger partial charge in [-0.3, -0.25) is 9.89 Å². The summed E-state index contributed by atoms with van der Waals surface area (Å²) >= 11 is 0. The number of hydrogen-bond donors (Lipinski definition) is 5. The van der Waals surface area contributed by atoms with Gasteiger partial charge in [-0.15, -0.1) is 0 Å². The summed E-state index contributed by atoms with van der Waals surface area (Å²) in [4.78, 5) is 24.6. The van der Waals surface area contributed by atoms with E-state index in [1.165, 1.54) is 7.11 Å². The fourth-order valence-electron chi connectivity index (χ4n) is 3.09. The fraction of sp³-hybridized carbons (Fsp3) is 0.105. The summed E-state index contributed by atoms with van der Waals surface area (Å²) in [7, 11) is -0.117. The lowest BCUT2D eigenvalue weighted by molar-refractivity contribution is 0.100. The molecule has 0 aliphatic rings. The average molecular weight is 419 g/mol. The third-order valence-electron chi connectivity index (χ3n) is 4.57. The first kappa shape index (κ1) is 20.3. The third kappa shape index (κ3) is 4.15. The molecule has 6 N–H and O–H groups in total. The quantitative estimate of drug-likeness (QED) is 0.255. The Morgan fingerprint density at radius 1 is 1.19 bits per heavy atom. The van der Waals surface area contributed by atoms with Crippen LogP contribution < -0.4 is 21.3 Å². The number of carbonyl (C=O) groups is 1. The first-order valence-corrected chi connectivity index (χ1v) is 9.22. The maximum absolute atomic E-state index is 11.7. The summed E-state index contributed by atoms with van der Waals surface area (Å²) in [5.74, 6) is -0.0851. The predicted molar refractivity (Wildman–Crippen MR) is 114 cm³/mol. The van der Waals surface area contributed by atoms with E-state index < -0.39 is 13.0 Å². The zero-order valence-electron chi connectivity index (χ0n) is 16.4. The zero-order chi connectivity index (χ0) is 22.0. The smallest absolute Gasteiger partial charge is 0.467 e. The molecule has 12 heteroatoms. The van der Waals surface area contributed by atoms with Crippen molar-refractivity contribution in [1.82, 2.24) is 25.1 Å². The number of nitrogens with one attached hydrogen (secondary N) is 2. The molecule has 156 valence electrons. The van der Waals surface area contributed by atoms with Gasteiger partial charge in [0.15, 0.2) is 5.82 Å². The number of ether oxygens (including phenoxy) is 1. The van der Waals surface area contributed by atoms with Crippen LogP contribution in [0.1, 0.15) is 15.9 Å². The number of para-hydroxylation sites is 1. The normalized spacial score (nSPS) is 10.8. The van der Waals surface area contributed by atoms with E-state index >= 15 is 0 Å². The number of benzene rings is 2. The maximum atomic E-state index is 11.7. The van der Waals surface area contributed by atoms with E-state index in [1.54, 1.807) is 36.4 Å². The number of amides is 1. The number of H-pyrrole nitrogens is 1. The second-order valence-electron chi connectivity index (χ2n) is 6.61. The highest BCUT2D eigenvalue weighted by Gasteiger charge is 2.18. The largest absolute Gasteiger partial charge is 0.488 e. The van der Waals surface area contributed by atoms with Crippen LogP contribution in [0.5, 0.6) is 6.01 Å². The SMILES string of the molecule is COc1nc(NCc2cccc(B(O)O)c2)nc(-c2[nH]nc3c(C(N)=O)cccc23)n1. The lowest BCUT2D eigenvalue weighted by atomic mass is 9.80. The van der Waals surface area contributed by atoms with E-state index in [0.29, 0.717) is 28.6 Å². The van der Waals surface area contributed by atoms with Crippen molar-refractivity contribution in [2.45, 2.75) is 6.54 Å². The molecule has 0 atom stereocenters. The van der Waals surface area contributed by atoms with Crippen molar-refractivity contribution in [3.05, 3.63) is 53.6 Å². The number of nitrogens with two attached hydrogens (primary N) is 1. The Labute approximate surface area is 176 Å². The van der Waals surface area contributed by atoms with E-state index in [1.807, 2.05) is 6.07 Å². The van der Waals surface area contributed by atoms with Crippen molar-refractivity contribution in [1.29, 1.82) is 0 Å². The average Bonchev–Trinajstić information content (AvgIpc) is 3.21. The molecular weight excluding hydrogens is 401 g/mol. The van der Waals surface area contributed by atoms with Crippen molar-refractivity contribution in [2.75, 3.05) is 12.4 Å². The Morgan fingerprint density at radius 3 is 2.74 bits per heavy atom. The predicted octanol–water partition coefficient (Wildman–Crippen LogP) is -0.186. The number of fused-ring (bicyclic) bond motifs is 1.